The summed E-state index contributed by atoms with van der Waals surface area (Å²) in [6, 6.07) is 16.4. The summed E-state index contributed by atoms with van der Waals surface area (Å²) in [6.07, 6.45) is 3.24. The van der Waals surface area contributed by atoms with Gasteiger partial charge in [0.25, 0.3) is 9.05 Å². The topological polar surface area (TPSA) is 77.5 Å². The van der Waals surface area contributed by atoms with Gasteiger partial charge in [0.1, 0.15) is 5.75 Å². The van der Waals surface area contributed by atoms with Crippen LogP contribution in [0.4, 0.5) is 0 Å². The zero-order chi connectivity index (χ0) is 20.9. The highest BCUT2D eigenvalue weighted by Crippen LogP contribution is 2.16. The van der Waals surface area contributed by atoms with E-state index < -0.39 is 17.3 Å². The molecule has 0 bridgehead atoms. The number of hydrogen-bond donors (Lipinski definition) is 0. The molecule has 152 valence electrons. The standard InChI is InChI=1S/C10H13ClO2S.C7H8O.Cl2O2S/c1-2-3-4-9-5-7-10(8-6-9)14(11,12)13;1-8-7-5-3-2-4-6-7;1-5(2,3)4/h5-8H,2-4H2,1H3;2-6H,1H3;. The monoisotopic (exact) mass is 474 g/mol. The molecule has 0 aliphatic rings. The first-order valence-electron chi connectivity index (χ1n) is 7.74. The summed E-state index contributed by atoms with van der Waals surface area (Å²) in [5, 5.41) is 0. The quantitative estimate of drug-likeness (QED) is 0.544. The summed E-state index contributed by atoms with van der Waals surface area (Å²) in [5.41, 5.74) is 1.15. The SMILES string of the molecule is CCCCc1ccc(S(=O)(=O)Cl)cc1.COc1ccccc1.O=S(=O)(Cl)Cl. The molecule has 0 heterocycles. The molecule has 0 fully saturated rings. The molecule has 0 aliphatic heterocycles. The molecule has 2 aromatic carbocycles. The Morgan fingerprint density at radius 2 is 1.33 bits per heavy atom. The number of para-hydroxylation sites is 1. The summed E-state index contributed by atoms with van der Waals surface area (Å²) in [7, 11) is 8.09. The minimum Gasteiger partial charge on any atom is -0.497 e. The maximum Gasteiger partial charge on any atom is 0.317 e. The smallest absolute Gasteiger partial charge is 0.317 e. The first kappa shape index (κ1) is 26.0. The van der Waals surface area contributed by atoms with Crippen LogP contribution in [0, 0.1) is 0 Å². The van der Waals surface area contributed by atoms with Gasteiger partial charge in [0.15, 0.2) is 0 Å². The predicted molar refractivity (Wildman–Crippen MR) is 112 cm³/mol. The number of rotatable bonds is 5. The van der Waals surface area contributed by atoms with Gasteiger partial charge in [-0.25, -0.2) is 8.42 Å². The van der Waals surface area contributed by atoms with Gasteiger partial charge in [0.2, 0.25) is 0 Å². The average Bonchev–Trinajstić information content (AvgIpc) is 2.59. The lowest BCUT2D eigenvalue weighted by molar-refractivity contribution is 0.415. The van der Waals surface area contributed by atoms with E-state index in [4.69, 9.17) is 23.8 Å². The van der Waals surface area contributed by atoms with Crippen LogP contribution in [0.1, 0.15) is 25.3 Å². The van der Waals surface area contributed by atoms with Crippen molar-refractivity contribution >= 4 is 49.4 Å². The molecule has 5 nitrogen and oxygen atoms in total. The summed E-state index contributed by atoms with van der Waals surface area (Å²) in [5.74, 6) is 0.910. The third kappa shape index (κ3) is 15.7. The van der Waals surface area contributed by atoms with Gasteiger partial charge < -0.3 is 4.74 Å². The van der Waals surface area contributed by atoms with E-state index in [2.05, 4.69) is 28.3 Å². The zero-order valence-corrected chi connectivity index (χ0v) is 18.7. The summed E-state index contributed by atoms with van der Waals surface area (Å²) >= 11 is 0. The number of ether oxygens (including phenoxy) is 1. The Bertz CT molecular complexity index is 845. The third-order valence-electron chi connectivity index (χ3n) is 3.00. The fraction of sp³-hybridized carbons (Fsp3) is 0.294. The molecule has 0 radical (unpaired) electrons. The number of benzene rings is 2. The van der Waals surface area contributed by atoms with Crippen LogP contribution in [-0.2, 0) is 23.7 Å². The van der Waals surface area contributed by atoms with Crippen molar-refractivity contribution in [3.8, 4) is 5.75 Å². The van der Waals surface area contributed by atoms with Crippen LogP contribution in [0.3, 0.4) is 0 Å². The van der Waals surface area contributed by atoms with Gasteiger partial charge in [0.05, 0.1) is 12.0 Å². The van der Waals surface area contributed by atoms with Gasteiger partial charge in [0, 0.05) is 32.0 Å². The molecule has 0 amide bonds. The van der Waals surface area contributed by atoms with E-state index >= 15 is 0 Å². The molecule has 0 saturated heterocycles. The molecule has 0 N–H and O–H groups in total. The van der Waals surface area contributed by atoms with Gasteiger partial charge in [-0.15, -0.1) is 0 Å². The molecule has 0 atom stereocenters. The lowest BCUT2D eigenvalue weighted by Crippen LogP contribution is -1.91. The lowest BCUT2D eigenvalue weighted by Gasteiger charge is -2.00. The minimum absolute atomic E-state index is 0.166. The van der Waals surface area contributed by atoms with Crippen LogP contribution in [0.2, 0.25) is 0 Å². The Hall–Kier alpha value is -0.990. The van der Waals surface area contributed by atoms with Crippen molar-refractivity contribution in [3.63, 3.8) is 0 Å². The Kier molecular flexibility index (Phi) is 12.7. The Labute approximate surface area is 174 Å². The average molecular weight is 476 g/mol. The highest BCUT2D eigenvalue weighted by molar-refractivity contribution is 8.31. The first-order valence-corrected chi connectivity index (χ1v) is 13.2. The second-order valence-corrected chi connectivity index (χ2v) is 11.3. The fourth-order valence-corrected chi connectivity index (χ4v) is 2.53. The van der Waals surface area contributed by atoms with Crippen molar-refractivity contribution < 1.29 is 21.6 Å². The Morgan fingerprint density at radius 1 is 0.852 bits per heavy atom. The highest BCUT2D eigenvalue weighted by atomic mass is 36.0. The number of unbranched alkanes of at least 4 members (excludes halogenated alkanes) is 1. The summed E-state index contributed by atoms with van der Waals surface area (Å²) in [4.78, 5) is 0.166. The van der Waals surface area contributed by atoms with Crippen LogP contribution in [0.15, 0.2) is 59.5 Å². The molecule has 0 saturated carbocycles. The zero-order valence-electron chi connectivity index (χ0n) is 14.8. The second-order valence-electron chi connectivity index (χ2n) is 5.08. The molecule has 10 heteroatoms. The van der Waals surface area contributed by atoms with Gasteiger partial charge >= 0.3 is 8.26 Å². The summed E-state index contributed by atoms with van der Waals surface area (Å²) < 4.78 is 45.1. The molecule has 0 unspecified atom stereocenters. The van der Waals surface area contributed by atoms with Crippen LogP contribution >= 0.6 is 32.0 Å². The molecule has 27 heavy (non-hydrogen) atoms. The van der Waals surface area contributed by atoms with Crippen molar-refractivity contribution in [2.24, 2.45) is 0 Å². The minimum atomic E-state index is -3.72. The van der Waals surface area contributed by atoms with Crippen molar-refractivity contribution in [1.29, 1.82) is 0 Å². The molecule has 0 aliphatic carbocycles. The number of halogens is 3. The molecule has 2 aromatic rings. The summed E-state index contributed by atoms with van der Waals surface area (Å²) in [6.45, 7) is 2.12. The number of methoxy groups -OCH3 is 1. The van der Waals surface area contributed by atoms with E-state index in [0.717, 1.165) is 30.6 Å². The molecule has 0 spiro atoms. The van der Waals surface area contributed by atoms with Crippen LogP contribution < -0.4 is 4.74 Å². The van der Waals surface area contributed by atoms with Gasteiger partial charge in [-0.1, -0.05) is 43.7 Å². The molecule has 0 aromatic heterocycles. The van der Waals surface area contributed by atoms with E-state index in [1.54, 1.807) is 19.2 Å². The number of aryl methyl sites for hydroxylation is 1. The van der Waals surface area contributed by atoms with Crippen LogP contribution in [-0.4, -0.2) is 23.9 Å². The fourth-order valence-electron chi connectivity index (χ4n) is 1.76. The van der Waals surface area contributed by atoms with E-state index in [1.165, 1.54) is 0 Å². The lowest BCUT2D eigenvalue weighted by atomic mass is 10.1. The van der Waals surface area contributed by atoms with Crippen molar-refractivity contribution in [2.75, 3.05) is 7.11 Å². The maximum absolute atomic E-state index is 10.9. The van der Waals surface area contributed by atoms with Crippen molar-refractivity contribution in [3.05, 3.63) is 60.2 Å². The van der Waals surface area contributed by atoms with E-state index in [0.29, 0.717) is 0 Å². The number of hydrogen-bond acceptors (Lipinski definition) is 5. The van der Waals surface area contributed by atoms with Gasteiger partial charge in [-0.05, 0) is 42.7 Å². The third-order valence-corrected chi connectivity index (χ3v) is 4.37. The normalized spacial score (nSPS) is 10.7. The molecular formula is C17H21Cl3O5S2. The first-order chi connectivity index (χ1) is 12.5. The van der Waals surface area contributed by atoms with Crippen LogP contribution in [0.5, 0.6) is 5.75 Å². The maximum atomic E-state index is 10.9. The van der Waals surface area contributed by atoms with Gasteiger partial charge in [-0.3, -0.25) is 0 Å². The van der Waals surface area contributed by atoms with Crippen LogP contribution in [0.25, 0.3) is 0 Å². The molecule has 2 rings (SSSR count). The van der Waals surface area contributed by atoms with Crippen molar-refractivity contribution in [1.82, 2.24) is 0 Å². The largest absolute Gasteiger partial charge is 0.497 e. The Morgan fingerprint density at radius 3 is 1.67 bits per heavy atom. The van der Waals surface area contributed by atoms with E-state index in [-0.39, 0.29) is 4.90 Å². The van der Waals surface area contributed by atoms with E-state index in [1.807, 2.05) is 42.5 Å². The molecular weight excluding hydrogens is 455 g/mol. The van der Waals surface area contributed by atoms with E-state index in [9.17, 15) is 8.42 Å². The second kappa shape index (κ2) is 13.2. The Balaban J connectivity index is 0.000000437. The van der Waals surface area contributed by atoms with Gasteiger partial charge in [-0.2, -0.15) is 8.42 Å². The van der Waals surface area contributed by atoms with Crippen molar-refractivity contribution in [2.45, 2.75) is 31.1 Å². The predicted octanol–water partition coefficient (Wildman–Crippen LogP) is 5.36. The highest BCUT2D eigenvalue weighted by Gasteiger charge is 2.08.